The van der Waals surface area contributed by atoms with Gasteiger partial charge in [-0.25, -0.2) is 23.5 Å². The molecule has 2 rings (SSSR count). The minimum absolute atomic E-state index is 0.0496. The van der Waals surface area contributed by atoms with Crippen molar-refractivity contribution in [3.63, 3.8) is 0 Å². The maximum atomic E-state index is 12.7. The van der Waals surface area contributed by atoms with Crippen molar-refractivity contribution in [2.45, 2.75) is 83.2 Å². The van der Waals surface area contributed by atoms with Crippen LogP contribution in [0.4, 0.5) is 0 Å². The van der Waals surface area contributed by atoms with E-state index in [0.29, 0.717) is 12.8 Å². The third kappa shape index (κ3) is 6.97. The fourth-order valence-electron chi connectivity index (χ4n) is 3.86. The zero-order valence-electron chi connectivity index (χ0n) is 19.2. The van der Waals surface area contributed by atoms with Crippen LogP contribution in [0.15, 0.2) is 46.0 Å². The van der Waals surface area contributed by atoms with E-state index in [1.807, 2.05) is 0 Å². The third-order valence-electron chi connectivity index (χ3n) is 5.70. The lowest BCUT2D eigenvalue weighted by Crippen LogP contribution is -2.35. The van der Waals surface area contributed by atoms with Crippen LogP contribution in [-0.4, -0.2) is 27.0 Å². The molecule has 0 fully saturated rings. The van der Waals surface area contributed by atoms with Gasteiger partial charge in [0.2, 0.25) is 0 Å². The van der Waals surface area contributed by atoms with Crippen LogP contribution < -0.4 is 11.4 Å². The van der Waals surface area contributed by atoms with Crippen molar-refractivity contribution in [2.24, 2.45) is 7.05 Å². The highest BCUT2D eigenvalue weighted by molar-refractivity contribution is 5.69. The number of carbonyl (C=O) groups is 1. The predicted octanol–water partition coefficient (Wildman–Crippen LogP) is 4.21. The Morgan fingerprint density at radius 3 is 2.35 bits per heavy atom. The summed E-state index contributed by atoms with van der Waals surface area (Å²) in [5, 5.41) is 0. The fraction of sp³-hybridized carbons (Fsp3) is 0.625. The molecule has 2 atom stereocenters. The number of ether oxygens (including phenoxy) is 1. The number of aromatic nitrogens is 3. The van der Waals surface area contributed by atoms with Crippen molar-refractivity contribution in [3.05, 3.63) is 57.4 Å². The van der Waals surface area contributed by atoms with Gasteiger partial charge in [0.05, 0.1) is 19.2 Å². The molecular formula is C24H37N3O4. The summed E-state index contributed by atoms with van der Waals surface area (Å²) >= 11 is 0. The molecule has 1 aliphatic rings. The van der Waals surface area contributed by atoms with Gasteiger partial charge in [0.1, 0.15) is 0 Å². The Kier molecular flexibility index (Phi) is 10.3. The number of nitrogens with zero attached hydrogens (tertiary/aromatic N) is 3. The average Bonchev–Trinajstić information content (AvgIpc) is 3.01. The number of allylic oxidation sites excluding steroid dienone is 6. The second-order valence-corrected chi connectivity index (χ2v) is 8.06. The van der Waals surface area contributed by atoms with E-state index in [1.54, 1.807) is 16.4 Å². The van der Waals surface area contributed by atoms with E-state index in [1.165, 1.54) is 24.5 Å². The minimum Gasteiger partial charge on any atom is -0.469 e. The highest BCUT2D eigenvalue weighted by Gasteiger charge is 2.26. The van der Waals surface area contributed by atoms with Gasteiger partial charge in [0.25, 0.3) is 0 Å². The molecule has 0 radical (unpaired) electrons. The standard InChI is InChI=1S/C24H37N3O4/c1-4-5-6-12-15-20-18-19-21(27-24(30)25(2)23(29)26(20)27)16-13-10-8-7-9-11-14-17-22(28)31-3/h7,9-10,13,18-21H,4-6,8,11-12,14-17H2,1-3H3/b9-7-,13-10-. The summed E-state index contributed by atoms with van der Waals surface area (Å²) in [6.45, 7) is 2.18. The van der Waals surface area contributed by atoms with Crippen molar-refractivity contribution < 1.29 is 9.53 Å². The van der Waals surface area contributed by atoms with Crippen molar-refractivity contribution in [1.82, 2.24) is 13.9 Å². The Balaban J connectivity index is 1.92. The van der Waals surface area contributed by atoms with E-state index in [4.69, 9.17) is 0 Å². The van der Waals surface area contributed by atoms with Gasteiger partial charge in [-0.05, 0) is 32.1 Å². The molecular weight excluding hydrogens is 394 g/mol. The number of hydrogen-bond acceptors (Lipinski definition) is 4. The second-order valence-electron chi connectivity index (χ2n) is 8.06. The molecule has 0 spiro atoms. The molecule has 0 aliphatic carbocycles. The fourth-order valence-corrected chi connectivity index (χ4v) is 3.86. The van der Waals surface area contributed by atoms with Crippen LogP contribution in [0.3, 0.4) is 0 Å². The Labute approximate surface area is 184 Å². The average molecular weight is 432 g/mol. The number of methoxy groups -OCH3 is 1. The first-order valence-corrected chi connectivity index (χ1v) is 11.5. The second kappa shape index (κ2) is 13.0. The number of unbranched alkanes of at least 4 members (excludes halogenated alkanes) is 4. The lowest BCUT2D eigenvalue weighted by molar-refractivity contribution is -0.140. The molecule has 0 saturated heterocycles. The predicted molar refractivity (Wildman–Crippen MR) is 123 cm³/mol. The van der Waals surface area contributed by atoms with Crippen molar-refractivity contribution in [3.8, 4) is 0 Å². The molecule has 31 heavy (non-hydrogen) atoms. The molecule has 0 aromatic carbocycles. The SMILES string of the molecule is CCCCCCC1C=CC(C/C=C\C/C=C\CCCC(=O)OC)n2c(=O)n(C)c(=O)n21. The lowest BCUT2D eigenvalue weighted by Gasteiger charge is -2.26. The quantitative estimate of drug-likeness (QED) is 0.266. The maximum Gasteiger partial charge on any atom is 0.347 e. The molecule has 1 aromatic rings. The zero-order valence-corrected chi connectivity index (χ0v) is 19.2. The van der Waals surface area contributed by atoms with Gasteiger partial charge < -0.3 is 4.74 Å². The van der Waals surface area contributed by atoms with Crippen LogP contribution in [0.1, 0.15) is 83.2 Å². The largest absolute Gasteiger partial charge is 0.469 e. The number of carbonyl (C=O) groups excluding carboxylic acids is 1. The Hall–Kier alpha value is -2.57. The molecule has 7 heteroatoms. The van der Waals surface area contributed by atoms with Gasteiger partial charge in [-0.3, -0.25) is 4.79 Å². The van der Waals surface area contributed by atoms with E-state index >= 15 is 0 Å². The Bertz CT molecular complexity index is 901. The summed E-state index contributed by atoms with van der Waals surface area (Å²) in [5.74, 6) is -0.174. The zero-order chi connectivity index (χ0) is 22.6. The van der Waals surface area contributed by atoms with Gasteiger partial charge in [0, 0.05) is 13.5 Å². The molecule has 0 amide bonds. The van der Waals surface area contributed by atoms with E-state index in [9.17, 15) is 14.4 Å². The molecule has 2 unspecified atom stereocenters. The van der Waals surface area contributed by atoms with Crippen LogP contribution >= 0.6 is 0 Å². The van der Waals surface area contributed by atoms with E-state index in [-0.39, 0.29) is 29.4 Å². The maximum absolute atomic E-state index is 12.7. The third-order valence-corrected chi connectivity index (χ3v) is 5.70. The summed E-state index contributed by atoms with van der Waals surface area (Å²) in [7, 11) is 2.95. The first kappa shape index (κ1) is 24.7. The summed E-state index contributed by atoms with van der Waals surface area (Å²) in [5.41, 5.74) is -0.490. The lowest BCUT2D eigenvalue weighted by atomic mass is 10.0. The van der Waals surface area contributed by atoms with Crippen LogP contribution in [-0.2, 0) is 16.6 Å². The van der Waals surface area contributed by atoms with Crippen LogP contribution in [0.2, 0.25) is 0 Å². The highest BCUT2D eigenvalue weighted by atomic mass is 16.5. The summed E-state index contributed by atoms with van der Waals surface area (Å²) in [6.07, 6.45) is 21.4. The topological polar surface area (TPSA) is 75.2 Å². The van der Waals surface area contributed by atoms with E-state index in [0.717, 1.165) is 38.5 Å². The number of rotatable bonds is 13. The first-order chi connectivity index (χ1) is 15.0. The molecule has 2 heterocycles. The van der Waals surface area contributed by atoms with Crippen molar-refractivity contribution in [2.75, 3.05) is 7.11 Å². The number of hydrogen-bond donors (Lipinski definition) is 0. The van der Waals surface area contributed by atoms with E-state index in [2.05, 4.69) is 48.1 Å². The summed E-state index contributed by atoms with van der Waals surface area (Å²) in [4.78, 5) is 36.4. The van der Waals surface area contributed by atoms with Crippen molar-refractivity contribution in [1.29, 1.82) is 0 Å². The van der Waals surface area contributed by atoms with Gasteiger partial charge >= 0.3 is 17.3 Å². The minimum atomic E-state index is -0.253. The van der Waals surface area contributed by atoms with Gasteiger partial charge in [-0.1, -0.05) is 69.1 Å². The molecule has 172 valence electrons. The van der Waals surface area contributed by atoms with Gasteiger partial charge in [-0.2, -0.15) is 0 Å². The smallest absolute Gasteiger partial charge is 0.347 e. The first-order valence-electron chi connectivity index (χ1n) is 11.5. The molecule has 0 N–H and O–H groups in total. The number of esters is 1. The summed E-state index contributed by atoms with van der Waals surface area (Å²) < 4.78 is 9.10. The van der Waals surface area contributed by atoms with Gasteiger partial charge in [-0.15, -0.1) is 0 Å². The molecule has 0 saturated carbocycles. The summed E-state index contributed by atoms with van der Waals surface area (Å²) in [6, 6.07) is -0.194. The molecule has 1 aromatic heterocycles. The molecule has 1 aliphatic heterocycles. The highest BCUT2D eigenvalue weighted by Crippen LogP contribution is 2.25. The Morgan fingerprint density at radius 1 is 0.968 bits per heavy atom. The normalized spacial score (nSPS) is 18.2. The number of fused-ring (bicyclic) bond motifs is 1. The van der Waals surface area contributed by atoms with Crippen LogP contribution in [0.5, 0.6) is 0 Å². The van der Waals surface area contributed by atoms with Crippen LogP contribution in [0, 0.1) is 0 Å². The molecule has 7 nitrogen and oxygen atoms in total. The van der Waals surface area contributed by atoms with E-state index < -0.39 is 0 Å². The van der Waals surface area contributed by atoms with Crippen molar-refractivity contribution >= 4 is 5.97 Å². The Morgan fingerprint density at radius 2 is 1.65 bits per heavy atom. The monoisotopic (exact) mass is 431 g/mol. The van der Waals surface area contributed by atoms with Gasteiger partial charge in [0.15, 0.2) is 0 Å². The molecule has 0 bridgehead atoms. The van der Waals surface area contributed by atoms with Crippen LogP contribution in [0.25, 0.3) is 0 Å².